The van der Waals surface area contributed by atoms with Gasteiger partial charge in [-0.3, -0.25) is 0 Å². The van der Waals surface area contributed by atoms with Gasteiger partial charge in [0.05, 0.1) is 25.0 Å². The van der Waals surface area contributed by atoms with Crippen molar-refractivity contribution in [3.63, 3.8) is 0 Å². The number of carbonyl (C=O) groups is 1. The van der Waals surface area contributed by atoms with Crippen LogP contribution in [0.4, 0.5) is 32.6 Å². The summed E-state index contributed by atoms with van der Waals surface area (Å²) in [6.07, 6.45) is -2.60. The minimum Gasteiger partial charge on any atom is -0.486 e. The van der Waals surface area contributed by atoms with Crippen molar-refractivity contribution in [1.29, 1.82) is 0 Å². The summed E-state index contributed by atoms with van der Waals surface area (Å²) >= 11 is 0. The Balaban J connectivity index is 1.56. The lowest BCUT2D eigenvalue weighted by molar-refractivity contribution is 0.0283. The number of nitrogens with zero attached hydrogens (tertiary/aromatic N) is 5. The van der Waals surface area contributed by atoms with Gasteiger partial charge < -0.3 is 19.7 Å². The molecule has 0 aliphatic carbocycles. The Hall–Kier alpha value is -3.71. The summed E-state index contributed by atoms with van der Waals surface area (Å²) in [4.78, 5) is 21.4. The molecular formula is C22H23F5N6O3. The predicted molar refractivity (Wildman–Crippen MR) is 118 cm³/mol. The average molecular weight is 514 g/mol. The van der Waals surface area contributed by atoms with Crippen LogP contribution in [0.1, 0.15) is 20.8 Å². The maximum absolute atomic E-state index is 14.7. The molecule has 14 heteroatoms. The summed E-state index contributed by atoms with van der Waals surface area (Å²) in [6, 6.07) is 0.877. The third kappa shape index (κ3) is 5.57. The van der Waals surface area contributed by atoms with E-state index < -0.39 is 54.4 Å². The van der Waals surface area contributed by atoms with Crippen molar-refractivity contribution in [1.82, 2.24) is 24.5 Å². The van der Waals surface area contributed by atoms with Gasteiger partial charge in [-0.05, 0) is 20.8 Å². The van der Waals surface area contributed by atoms with Gasteiger partial charge >= 0.3 is 6.09 Å². The van der Waals surface area contributed by atoms with Crippen molar-refractivity contribution in [3.8, 4) is 17.1 Å². The summed E-state index contributed by atoms with van der Waals surface area (Å²) in [5.41, 5.74) is -0.933. The Kier molecular flexibility index (Phi) is 6.87. The van der Waals surface area contributed by atoms with E-state index in [1.54, 1.807) is 20.8 Å². The van der Waals surface area contributed by atoms with Crippen LogP contribution in [0.5, 0.6) is 5.75 Å². The monoisotopic (exact) mass is 514 g/mol. The number of anilines is 1. The number of alkyl halides is 3. The number of likely N-dealkylation sites (tertiary alicyclic amines) is 1. The van der Waals surface area contributed by atoms with E-state index in [2.05, 4.69) is 20.4 Å². The van der Waals surface area contributed by atoms with Gasteiger partial charge in [0.2, 0.25) is 0 Å². The highest BCUT2D eigenvalue weighted by Crippen LogP contribution is 2.28. The second-order valence-electron chi connectivity index (χ2n) is 9.11. The van der Waals surface area contributed by atoms with Crippen LogP contribution in [0.3, 0.4) is 0 Å². The van der Waals surface area contributed by atoms with Crippen LogP contribution in [0.25, 0.3) is 17.0 Å². The molecule has 0 aromatic carbocycles. The standard InChI is InChI=1S/C22H23F5N6O3/c1-22(2,3)36-21(34)32-8-14(25)15(9-32)30-20-13(24)5-12(23)19(31-20)16-7-28-18-4-11(6-29-33(16)18)35-10-17(26)27/h4-7,14-15,17H,8-10H2,1-3H3,(H,30,31)/t14-,15-/m0/s1. The number of nitrogens with one attached hydrogen (secondary N) is 1. The zero-order valence-corrected chi connectivity index (χ0v) is 19.5. The normalized spacial score (nSPS) is 18.2. The Morgan fingerprint density at radius 1 is 1.19 bits per heavy atom. The molecule has 0 spiro atoms. The van der Waals surface area contributed by atoms with Crippen LogP contribution < -0.4 is 10.1 Å². The Labute approximate surface area is 202 Å². The summed E-state index contributed by atoms with van der Waals surface area (Å²) in [6.45, 7) is 3.80. The van der Waals surface area contributed by atoms with Crippen LogP contribution >= 0.6 is 0 Å². The zero-order valence-electron chi connectivity index (χ0n) is 19.5. The molecular weight excluding hydrogens is 491 g/mol. The maximum Gasteiger partial charge on any atom is 0.410 e. The lowest BCUT2D eigenvalue weighted by Gasteiger charge is -2.24. The van der Waals surface area contributed by atoms with E-state index in [0.29, 0.717) is 6.07 Å². The van der Waals surface area contributed by atoms with E-state index in [-0.39, 0.29) is 35.9 Å². The van der Waals surface area contributed by atoms with Crippen molar-refractivity contribution >= 4 is 17.6 Å². The first-order valence-electron chi connectivity index (χ1n) is 10.9. The Bertz CT molecular complexity index is 1260. The number of rotatable bonds is 6. The van der Waals surface area contributed by atoms with Gasteiger partial charge in [0, 0.05) is 18.7 Å². The van der Waals surface area contributed by atoms with Gasteiger partial charge in [0.1, 0.15) is 35.5 Å². The first-order valence-corrected chi connectivity index (χ1v) is 10.9. The fraction of sp³-hybridized carbons (Fsp3) is 0.455. The third-order valence-corrected chi connectivity index (χ3v) is 5.11. The molecule has 0 radical (unpaired) electrons. The van der Waals surface area contributed by atoms with E-state index in [0.717, 1.165) is 11.1 Å². The molecule has 3 aromatic heterocycles. The highest BCUT2D eigenvalue weighted by molar-refractivity contribution is 5.69. The lowest BCUT2D eigenvalue weighted by Crippen LogP contribution is -2.36. The van der Waals surface area contributed by atoms with Gasteiger partial charge in [-0.15, -0.1) is 0 Å². The van der Waals surface area contributed by atoms with Crippen LogP contribution in [-0.2, 0) is 4.74 Å². The fourth-order valence-corrected chi connectivity index (χ4v) is 3.56. The first-order chi connectivity index (χ1) is 16.9. The number of carbonyl (C=O) groups excluding carboxylic acids is 1. The number of hydrogen-bond donors (Lipinski definition) is 1. The number of hydrogen-bond acceptors (Lipinski definition) is 7. The summed E-state index contributed by atoms with van der Waals surface area (Å²) in [5, 5.41) is 6.61. The van der Waals surface area contributed by atoms with Crippen LogP contribution in [0, 0.1) is 11.6 Å². The van der Waals surface area contributed by atoms with E-state index in [9.17, 15) is 26.7 Å². The highest BCUT2D eigenvalue weighted by atomic mass is 19.3. The molecule has 4 heterocycles. The number of imidazole rings is 1. The molecule has 36 heavy (non-hydrogen) atoms. The summed E-state index contributed by atoms with van der Waals surface area (Å²) < 4.78 is 79.9. The molecule has 1 saturated heterocycles. The average Bonchev–Trinajstić information content (AvgIpc) is 3.36. The third-order valence-electron chi connectivity index (χ3n) is 5.11. The van der Waals surface area contributed by atoms with Gasteiger partial charge in [-0.2, -0.15) is 5.10 Å². The number of amides is 1. The van der Waals surface area contributed by atoms with E-state index in [4.69, 9.17) is 9.47 Å². The van der Waals surface area contributed by atoms with Crippen molar-refractivity contribution in [2.75, 3.05) is 25.0 Å². The van der Waals surface area contributed by atoms with Crippen molar-refractivity contribution in [2.24, 2.45) is 0 Å². The van der Waals surface area contributed by atoms with E-state index in [1.807, 2.05) is 0 Å². The first kappa shape index (κ1) is 25.4. The minimum absolute atomic E-state index is 0.0274. The fourth-order valence-electron chi connectivity index (χ4n) is 3.56. The molecule has 0 bridgehead atoms. The topological polar surface area (TPSA) is 93.9 Å². The number of fused-ring (bicyclic) bond motifs is 1. The van der Waals surface area contributed by atoms with Crippen molar-refractivity contribution in [3.05, 3.63) is 36.2 Å². The smallest absolute Gasteiger partial charge is 0.410 e. The molecule has 1 fully saturated rings. The Morgan fingerprint density at radius 2 is 1.94 bits per heavy atom. The molecule has 1 amide bonds. The second-order valence-corrected chi connectivity index (χ2v) is 9.11. The predicted octanol–water partition coefficient (Wildman–Crippen LogP) is 4.08. The molecule has 1 aliphatic heterocycles. The number of pyridine rings is 1. The molecule has 0 unspecified atom stereocenters. The molecule has 4 rings (SSSR count). The summed E-state index contributed by atoms with van der Waals surface area (Å²) in [7, 11) is 0. The highest BCUT2D eigenvalue weighted by Gasteiger charge is 2.38. The lowest BCUT2D eigenvalue weighted by atomic mass is 10.2. The van der Waals surface area contributed by atoms with Gasteiger partial charge in [0.25, 0.3) is 6.43 Å². The van der Waals surface area contributed by atoms with Crippen molar-refractivity contribution < 1.29 is 36.2 Å². The second kappa shape index (κ2) is 9.74. The van der Waals surface area contributed by atoms with Crippen molar-refractivity contribution in [2.45, 2.75) is 45.0 Å². The molecule has 2 atom stereocenters. The largest absolute Gasteiger partial charge is 0.486 e. The molecule has 0 saturated carbocycles. The number of ether oxygens (including phenoxy) is 2. The quantitative estimate of drug-likeness (QED) is 0.496. The number of aromatic nitrogens is 4. The van der Waals surface area contributed by atoms with Gasteiger partial charge in [-0.25, -0.2) is 41.2 Å². The Morgan fingerprint density at radius 3 is 2.64 bits per heavy atom. The number of halogens is 5. The minimum atomic E-state index is -2.68. The zero-order chi connectivity index (χ0) is 26.2. The molecule has 9 nitrogen and oxygen atoms in total. The van der Waals surface area contributed by atoms with E-state index >= 15 is 0 Å². The molecule has 3 aromatic rings. The van der Waals surface area contributed by atoms with Gasteiger partial charge in [0.15, 0.2) is 23.1 Å². The van der Waals surface area contributed by atoms with Gasteiger partial charge in [-0.1, -0.05) is 0 Å². The molecule has 1 aliphatic rings. The van der Waals surface area contributed by atoms with E-state index in [1.165, 1.54) is 16.8 Å². The summed E-state index contributed by atoms with van der Waals surface area (Å²) in [5.74, 6) is -2.50. The molecule has 194 valence electrons. The maximum atomic E-state index is 14.7. The van der Waals surface area contributed by atoms with Crippen LogP contribution in [-0.4, -0.2) is 74.5 Å². The molecule has 1 N–H and O–H groups in total. The van der Waals surface area contributed by atoms with Crippen LogP contribution in [0.2, 0.25) is 0 Å². The SMILES string of the molecule is CC(C)(C)OC(=O)N1C[C@H](Nc2nc(-c3cnc4cc(OCC(F)F)cnn34)c(F)cc2F)[C@@H](F)C1. The van der Waals surface area contributed by atoms with Crippen LogP contribution in [0.15, 0.2) is 24.5 Å².